The lowest BCUT2D eigenvalue weighted by Crippen LogP contribution is -2.29. The third-order valence-electron chi connectivity index (χ3n) is 6.40. The highest BCUT2D eigenvalue weighted by Gasteiger charge is 2.36. The lowest BCUT2D eigenvalue weighted by Gasteiger charge is -2.19. The standard InChI is InChI=1S/C27H25N3O4/c1-34-24-9-5-4-8-23(24)30-17-20(16-25(30)31)26(32)28-21-12-10-19(11-13-21)27(33)29-15-14-18-6-2-3-7-22(18)29/h2-13,20H,14-17H2,1H3,(H,28,32). The van der Waals surface area contributed by atoms with Gasteiger partial charge in [0.25, 0.3) is 5.91 Å². The average Bonchev–Trinajstić information content (AvgIpc) is 3.48. The van der Waals surface area contributed by atoms with Gasteiger partial charge in [-0.25, -0.2) is 0 Å². The first-order valence-corrected chi connectivity index (χ1v) is 11.3. The average molecular weight is 456 g/mol. The van der Waals surface area contributed by atoms with Crippen LogP contribution >= 0.6 is 0 Å². The SMILES string of the molecule is COc1ccccc1N1CC(C(=O)Nc2ccc(C(=O)N3CCc4ccccc43)cc2)CC1=O. The number of nitrogens with one attached hydrogen (secondary N) is 1. The highest BCUT2D eigenvalue weighted by Crippen LogP contribution is 2.33. The molecule has 1 N–H and O–H groups in total. The molecule has 3 aromatic carbocycles. The molecule has 0 radical (unpaired) electrons. The summed E-state index contributed by atoms with van der Waals surface area (Å²) in [4.78, 5) is 41.8. The normalized spacial score (nSPS) is 17.0. The van der Waals surface area contributed by atoms with Crippen LogP contribution in [0.1, 0.15) is 22.3 Å². The maximum atomic E-state index is 13.0. The molecule has 1 atom stereocenters. The van der Waals surface area contributed by atoms with Crippen LogP contribution in [0, 0.1) is 5.92 Å². The molecule has 2 heterocycles. The molecule has 2 aliphatic rings. The molecule has 2 aliphatic heterocycles. The van der Waals surface area contributed by atoms with Crippen molar-refractivity contribution in [2.24, 2.45) is 5.92 Å². The van der Waals surface area contributed by atoms with Crippen molar-refractivity contribution in [2.75, 3.05) is 35.3 Å². The Morgan fingerprint density at radius 2 is 1.65 bits per heavy atom. The summed E-state index contributed by atoms with van der Waals surface area (Å²) in [7, 11) is 1.56. The van der Waals surface area contributed by atoms with E-state index in [4.69, 9.17) is 4.74 Å². The third kappa shape index (κ3) is 4.01. The number of rotatable bonds is 5. The monoisotopic (exact) mass is 455 g/mol. The zero-order valence-corrected chi connectivity index (χ0v) is 18.9. The molecule has 7 nitrogen and oxygen atoms in total. The van der Waals surface area contributed by atoms with Crippen molar-refractivity contribution in [2.45, 2.75) is 12.8 Å². The number of carbonyl (C=O) groups is 3. The van der Waals surface area contributed by atoms with E-state index in [-0.39, 0.29) is 30.7 Å². The highest BCUT2D eigenvalue weighted by molar-refractivity contribution is 6.08. The number of methoxy groups -OCH3 is 1. The number of hydrogen-bond donors (Lipinski definition) is 1. The first-order valence-electron chi connectivity index (χ1n) is 11.3. The molecule has 1 saturated heterocycles. The molecule has 1 unspecified atom stereocenters. The Labute approximate surface area is 197 Å². The molecule has 0 bridgehead atoms. The second kappa shape index (κ2) is 9.02. The molecular weight excluding hydrogens is 430 g/mol. The first-order chi connectivity index (χ1) is 16.5. The van der Waals surface area contributed by atoms with Gasteiger partial charge in [0, 0.05) is 36.4 Å². The molecule has 3 aromatic rings. The van der Waals surface area contributed by atoms with Crippen LogP contribution in [0.25, 0.3) is 0 Å². The summed E-state index contributed by atoms with van der Waals surface area (Å²) in [5.74, 6) is -0.274. The van der Waals surface area contributed by atoms with E-state index in [2.05, 4.69) is 5.32 Å². The fraction of sp³-hybridized carbons (Fsp3) is 0.222. The minimum atomic E-state index is -0.472. The molecule has 34 heavy (non-hydrogen) atoms. The summed E-state index contributed by atoms with van der Waals surface area (Å²) < 4.78 is 5.36. The van der Waals surface area contributed by atoms with E-state index < -0.39 is 5.92 Å². The Morgan fingerprint density at radius 1 is 0.941 bits per heavy atom. The maximum Gasteiger partial charge on any atom is 0.258 e. The molecule has 7 heteroatoms. The number of nitrogens with zero attached hydrogens (tertiary/aromatic N) is 2. The fourth-order valence-corrected chi connectivity index (χ4v) is 4.61. The molecule has 0 spiro atoms. The molecule has 1 fully saturated rings. The highest BCUT2D eigenvalue weighted by atomic mass is 16.5. The predicted octanol–water partition coefficient (Wildman–Crippen LogP) is 3.89. The van der Waals surface area contributed by atoms with Crippen molar-refractivity contribution < 1.29 is 19.1 Å². The van der Waals surface area contributed by atoms with E-state index in [0.29, 0.717) is 29.2 Å². The van der Waals surface area contributed by atoms with E-state index in [1.165, 1.54) is 5.56 Å². The lowest BCUT2D eigenvalue weighted by atomic mass is 10.1. The number of benzene rings is 3. The van der Waals surface area contributed by atoms with Gasteiger partial charge in [-0.1, -0.05) is 30.3 Å². The van der Waals surface area contributed by atoms with Crippen LogP contribution in [0.5, 0.6) is 5.75 Å². The van der Waals surface area contributed by atoms with E-state index in [9.17, 15) is 14.4 Å². The van der Waals surface area contributed by atoms with Crippen molar-refractivity contribution in [3.05, 3.63) is 83.9 Å². The predicted molar refractivity (Wildman–Crippen MR) is 130 cm³/mol. The van der Waals surface area contributed by atoms with Crippen molar-refractivity contribution in [1.29, 1.82) is 0 Å². The number of ether oxygens (including phenoxy) is 1. The van der Waals surface area contributed by atoms with Gasteiger partial charge in [0.15, 0.2) is 0 Å². The first kappa shape index (κ1) is 21.7. The minimum absolute atomic E-state index is 0.0586. The van der Waals surface area contributed by atoms with Crippen LogP contribution in [0.4, 0.5) is 17.1 Å². The Bertz CT molecular complexity index is 1250. The molecule has 172 valence electrons. The third-order valence-corrected chi connectivity index (χ3v) is 6.40. The lowest BCUT2D eigenvalue weighted by molar-refractivity contribution is -0.122. The second-order valence-corrected chi connectivity index (χ2v) is 8.48. The smallest absolute Gasteiger partial charge is 0.258 e. The number of fused-ring (bicyclic) bond motifs is 1. The van der Waals surface area contributed by atoms with Gasteiger partial charge in [0.2, 0.25) is 11.8 Å². The Hall–Kier alpha value is -4.13. The fourth-order valence-electron chi connectivity index (χ4n) is 4.61. The number of amides is 3. The van der Waals surface area contributed by atoms with Crippen LogP contribution in [0.3, 0.4) is 0 Å². The van der Waals surface area contributed by atoms with Crippen LogP contribution in [0.15, 0.2) is 72.8 Å². The number of para-hydroxylation sites is 3. The topological polar surface area (TPSA) is 79.0 Å². The van der Waals surface area contributed by atoms with Crippen LogP contribution in [-0.4, -0.2) is 37.9 Å². The van der Waals surface area contributed by atoms with E-state index in [1.807, 2.05) is 42.5 Å². The molecule has 5 rings (SSSR count). The van der Waals surface area contributed by atoms with Gasteiger partial charge >= 0.3 is 0 Å². The molecule has 3 amide bonds. The summed E-state index contributed by atoms with van der Waals surface area (Å²) >= 11 is 0. The summed E-state index contributed by atoms with van der Waals surface area (Å²) in [5.41, 5.74) is 3.94. The van der Waals surface area contributed by atoms with Crippen molar-refractivity contribution in [3.8, 4) is 5.75 Å². The number of carbonyl (C=O) groups excluding carboxylic acids is 3. The summed E-state index contributed by atoms with van der Waals surface area (Å²) in [6.45, 7) is 0.949. The Balaban J connectivity index is 1.24. The van der Waals surface area contributed by atoms with E-state index >= 15 is 0 Å². The van der Waals surface area contributed by atoms with Gasteiger partial charge < -0.3 is 19.9 Å². The van der Waals surface area contributed by atoms with Gasteiger partial charge in [-0.05, 0) is 54.4 Å². The quantitative estimate of drug-likeness (QED) is 0.633. The van der Waals surface area contributed by atoms with Crippen molar-refractivity contribution in [1.82, 2.24) is 0 Å². The zero-order chi connectivity index (χ0) is 23.7. The molecule has 0 aromatic heterocycles. The largest absolute Gasteiger partial charge is 0.495 e. The number of hydrogen-bond acceptors (Lipinski definition) is 4. The van der Waals surface area contributed by atoms with E-state index in [0.717, 1.165) is 12.1 Å². The zero-order valence-electron chi connectivity index (χ0n) is 18.9. The molecule has 0 saturated carbocycles. The van der Waals surface area contributed by atoms with Gasteiger partial charge in [0.05, 0.1) is 18.7 Å². The van der Waals surface area contributed by atoms with E-state index in [1.54, 1.807) is 47.2 Å². The number of anilines is 3. The van der Waals surface area contributed by atoms with Gasteiger partial charge in [-0.15, -0.1) is 0 Å². The van der Waals surface area contributed by atoms with Crippen LogP contribution < -0.4 is 19.9 Å². The van der Waals surface area contributed by atoms with Crippen LogP contribution in [0.2, 0.25) is 0 Å². The van der Waals surface area contributed by atoms with Gasteiger partial charge in [-0.3, -0.25) is 14.4 Å². The summed E-state index contributed by atoms with van der Waals surface area (Å²) in [6, 6.07) is 22.1. The molecule has 0 aliphatic carbocycles. The second-order valence-electron chi connectivity index (χ2n) is 8.48. The Kier molecular flexibility index (Phi) is 5.76. The van der Waals surface area contributed by atoms with Crippen LogP contribution in [-0.2, 0) is 16.0 Å². The van der Waals surface area contributed by atoms with Crippen molar-refractivity contribution >= 4 is 34.8 Å². The Morgan fingerprint density at radius 3 is 2.41 bits per heavy atom. The van der Waals surface area contributed by atoms with Gasteiger partial charge in [-0.2, -0.15) is 0 Å². The summed E-state index contributed by atoms with van der Waals surface area (Å²) in [6.07, 6.45) is 0.983. The maximum absolute atomic E-state index is 13.0. The summed E-state index contributed by atoms with van der Waals surface area (Å²) in [5, 5.41) is 2.88. The van der Waals surface area contributed by atoms with Crippen molar-refractivity contribution in [3.63, 3.8) is 0 Å². The molecular formula is C27H25N3O4. The van der Waals surface area contributed by atoms with Gasteiger partial charge in [0.1, 0.15) is 5.75 Å². The minimum Gasteiger partial charge on any atom is -0.495 e.